The molecule has 242 valence electrons. The summed E-state index contributed by atoms with van der Waals surface area (Å²) in [5, 5.41) is 19.2. The summed E-state index contributed by atoms with van der Waals surface area (Å²) in [5.41, 5.74) is -1.81. The lowest BCUT2D eigenvalue weighted by atomic mass is 9.85. The smallest absolute Gasteiger partial charge is 0.411 e. The van der Waals surface area contributed by atoms with Crippen molar-refractivity contribution in [3.8, 4) is 17.9 Å². The Morgan fingerprint density at radius 2 is 1.62 bits per heavy atom. The second-order valence-electron chi connectivity index (χ2n) is 10.8. The molecule has 0 saturated carbocycles. The highest BCUT2D eigenvalue weighted by Gasteiger charge is 2.61. The van der Waals surface area contributed by atoms with Crippen molar-refractivity contribution in [2.45, 2.75) is 17.4 Å². The molecule has 3 heterocycles. The molecule has 1 unspecified atom stereocenters. The maximum absolute atomic E-state index is 14.9. The highest BCUT2D eigenvalue weighted by Crippen LogP contribution is 2.52. The number of fused-ring (bicyclic) bond motifs is 1. The van der Waals surface area contributed by atoms with Crippen molar-refractivity contribution in [2.24, 2.45) is 0 Å². The summed E-state index contributed by atoms with van der Waals surface area (Å²) >= 11 is 6.02. The van der Waals surface area contributed by atoms with Gasteiger partial charge in [0, 0.05) is 43.0 Å². The maximum Gasteiger partial charge on any atom is 0.411 e. The molecule has 3 aromatic carbocycles. The number of carbonyl (C=O) groups excluding carboxylic acids is 2. The van der Waals surface area contributed by atoms with E-state index in [2.05, 4.69) is 4.98 Å². The number of sulfonamides is 1. The van der Waals surface area contributed by atoms with Gasteiger partial charge in [0.1, 0.15) is 17.6 Å². The van der Waals surface area contributed by atoms with E-state index in [1.807, 2.05) is 17.0 Å². The van der Waals surface area contributed by atoms with Gasteiger partial charge in [-0.15, -0.1) is 0 Å². The molecule has 1 saturated heterocycles. The lowest BCUT2D eigenvalue weighted by molar-refractivity contribution is -0.132. The SMILES string of the molecule is CCOc1ccccc1C1(OC(=O)N2CCN(c3ccc(C#N)cn3)CC2)C(=O)N(S(=O)(=O)c2ccc(Cl)cc2)c2ccc(C#N)cc21. The Morgan fingerprint density at radius 3 is 2.27 bits per heavy atom. The van der Waals surface area contributed by atoms with Gasteiger partial charge >= 0.3 is 6.09 Å². The highest BCUT2D eigenvalue weighted by molar-refractivity contribution is 7.93. The van der Waals surface area contributed by atoms with Crippen molar-refractivity contribution in [3.05, 3.63) is 112 Å². The van der Waals surface area contributed by atoms with Crippen molar-refractivity contribution < 1.29 is 27.5 Å². The fourth-order valence-corrected chi connectivity index (χ4v) is 7.37. The molecule has 2 aliphatic rings. The minimum Gasteiger partial charge on any atom is -0.493 e. The van der Waals surface area contributed by atoms with Crippen LogP contribution in [0.4, 0.5) is 16.3 Å². The lowest BCUT2D eigenvalue weighted by Gasteiger charge is -2.37. The van der Waals surface area contributed by atoms with Crippen LogP contribution in [0.25, 0.3) is 0 Å². The van der Waals surface area contributed by atoms with Gasteiger partial charge in [-0.1, -0.05) is 29.8 Å². The molecular weight excluding hydrogens is 656 g/mol. The number of nitriles is 2. The van der Waals surface area contributed by atoms with Crippen molar-refractivity contribution in [2.75, 3.05) is 42.0 Å². The van der Waals surface area contributed by atoms with Crippen LogP contribution in [0.5, 0.6) is 5.75 Å². The van der Waals surface area contributed by atoms with Gasteiger partial charge in [0.2, 0.25) is 5.60 Å². The predicted molar refractivity (Wildman–Crippen MR) is 175 cm³/mol. The normalized spacial score (nSPS) is 17.3. The fourth-order valence-electron chi connectivity index (χ4n) is 5.79. The van der Waals surface area contributed by atoms with E-state index < -0.39 is 27.6 Å². The summed E-state index contributed by atoms with van der Waals surface area (Å²) in [6.45, 7) is 3.06. The van der Waals surface area contributed by atoms with E-state index in [-0.39, 0.29) is 52.7 Å². The number of anilines is 2. The number of nitrogens with zero attached hydrogens (tertiary/aromatic N) is 6. The zero-order valence-electron chi connectivity index (χ0n) is 25.5. The van der Waals surface area contributed by atoms with Crippen LogP contribution < -0.4 is 13.9 Å². The van der Waals surface area contributed by atoms with E-state index >= 15 is 0 Å². The molecule has 6 rings (SSSR count). The Morgan fingerprint density at radius 1 is 0.938 bits per heavy atom. The largest absolute Gasteiger partial charge is 0.493 e. The minimum absolute atomic E-state index is 0.00925. The first-order chi connectivity index (χ1) is 23.1. The van der Waals surface area contributed by atoms with Gasteiger partial charge < -0.3 is 19.3 Å². The molecule has 12 nitrogen and oxygen atoms in total. The summed E-state index contributed by atoms with van der Waals surface area (Å²) in [7, 11) is -4.58. The summed E-state index contributed by atoms with van der Waals surface area (Å²) in [5.74, 6) is -0.253. The molecule has 0 radical (unpaired) electrons. The minimum atomic E-state index is -4.58. The molecule has 2 amide bonds. The quantitative estimate of drug-likeness (QED) is 0.265. The first-order valence-corrected chi connectivity index (χ1v) is 16.7. The molecule has 1 fully saturated rings. The van der Waals surface area contributed by atoms with Crippen LogP contribution in [0.1, 0.15) is 29.2 Å². The maximum atomic E-state index is 14.9. The van der Waals surface area contributed by atoms with Crippen molar-refractivity contribution in [1.29, 1.82) is 10.5 Å². The highest BCUT2D eigenvalue weighted by atomic mass is 35.5. The Bertz CT molecular complexity index is 2090. The average Bonchev–Trinajstić information content (AvgIpc) is 3.36. The number of amides is 2. The van der Waals surface area contributed by atoms with Crippen LogP contribution in [-0.4, -0.2) is 63.1 Å². The molecule has 1 aromatic heterocycles. The van der Waals surface area contributed by atoms with Gasteiger partial charge in [0.15, 0.2) is 0 Å². The van der Waals surface area contributed by atoms with Gasteiger partial charge in [-0.25, -0.2) is 18.2 Å². The number of para-hydroxylation sites is 1. The molecule has 48 heavy (non-hydrogen) atoms. The Labute approximate surface area is 282 Å². The second-order valence-corrected chi connectivity index (χ2v) is 13.1. The Balaban J connectivity index is 1.44. The first kappa shape index (κ1) is 32.3. The van der Waals surface area contributed by atoms with Gasteiger partial charge in [-0.3, -0.25) is 4.79 Å². The fraction of sp³-hybridized carbons (Fsp3) is 0.206. The molecule has 4 aromatic rings. The number of carbonyl (C=O) groups is 2. The summed E-state index contributed by atoms with van der Waals surface area (Å²) in [4.78, 5) is 36.5. The summed E-state index contributed by atoms with van der Waals surface area (Å²) in [6.07, 6.45) is 0.596. The third-order valence-corrected chi connectivity index (χ3v) is 10.1. The second kappa shape index (κ2) is 12.9. The first-order valence-electron chi connectivity index (χ1n) is 14.8. The van der Waals surface area contributed by atoms with E-state index in [1.165, 1.54) is 59.6 Å². The number of benzene rings is 3. The number of aromatic nitrogens is 1. The number of piperazine rings is 1. The summed E-state index contributed by atoms with van der Waals surface area (Å²) < 4.78 is 41.1. The van der Waals surface area contributed by atoms with Crippen LogP contribution in [0.15, 0.2) is 90.0 Å². The van der Waals surface area contributed by atoms with Crippen molar-refractivity contribution >= 4 is 45.1 Å². The number of halogens is 1. The van der Waals surface area contributed by atoms with Gasteiger partial charge in [-0.05, 0) is 67.6 Å². The zero-order chi connectivity index (χ0) is 34.1. The zero-order valence-corrected chi connectivity index (χ0v) is 27.1. The Hall–Kier alpha value is -5.63. The molecule has 0 N–H and O–H groups in total. The molecule has 0 aliphatic carbocycles. The van der Waals surface area contributed by atoms with Gasteiger partial charge in [-0.2, -0.15) is 14.8 Å². The molecule has 0 bridgehead atoms. The third kappa shape index (κ3) is 5.53. The van der Waals surface area contributed by atoms with E-state index in [9.17, 15) is 23.3 Å². The number of hydrogen-bond acceptors (Lipinski definition) is 10. The topological polar surface area (TPSA) is 157 Å². The van der Waals surface area contributed by atoms with Crippen LogP contribution in [0.2, 0.25) is 5.02 Å². The summed E-state index contributed by atoms with van der Waals surface area (Å²) in [6, 6.07) is 23.3. The number of pyridine rings is 1. The van der Waals surface area contributed by atoms with Crippen molar-refractivity contribution in [3.63, 3.8) is 0 Å². The van der Waals surface area contributed by atoms with Crippen LogP contribution in [0.3, 0.4) is 0 Å². The molecule has 1 atom stereocenters. The third-order valence-electron chi connectivity index (χ3n) is 8.11. The van der Waals surface area contributed by atoms with Crippen molar-refractivity contribution in [1.82, 2.24) is 9.88 Å². The predicted octanol–water partition coefficient (Wildman–Crippen LogP) is 4.81. The Kier molecular flexibility index (Phi) is 8.67. The van der Waals surface area contributed by atoms with Gasteiger partial charge in [0.05, 0.1) is 39.9 Å². The monoisotopic (exact) mass is 682 g/mol. The van der Waals surface area contributed by atoms with E-state index in [1.54, 1.807) is 37.3 Å². The number of rotatable bonds is 7. The molecule has 14 heteroatoms. The average molecular weight is 683 g/mol. The molecule has 2 aliphatic heterocycles. The van der Waals surface area contributed by atoms with Crippen LogP contribution >= 0.6 is 11.6 Å². The number of ether oxygens (including phenoxy) is 2. The molecule has 0 spiro atoms. The van der Waals surface area contributed by atoms with Crippen LogP contribution in [-0.2, 0) is 25.2 Å². The lowest BCUT2D eigenvalue weighted by Crippen LogP contribution is -2.53. The number of hydrogen-bond donors (Lipinski definition) is 0. The van der Waals surface area contributed by atoms with Gasteiger partial charge in [0.25, 0.3) is 15.9 Å². The van der Waals surface area contributed by atoms with E-state index in [0.29, 0.717) is 33.8 Å². The van der Waals surface area contributed by atoms with E-state index in [0.717, 1.165) is 0 Å². The van der Waals surface area contributed by atoms with Crippen LogP contribution in [0, 0.1) is 22.7 Å². The molecular formula is C34H27ClN6O6S. The van der Waals surface area contributed by atoms with E-state index in [4.69, 9.17) is 26.3 Å². The standard InChI is InChI=1S/C34H27ClN6O6S/c1-2-46-30-6-4-3-5-27(30)34(47-33(43)40-17-15-39(16-18-40)31-14-8-24(21-37)22-38-31)28-19-23(20-36)7-13-29(28)41(32(34)42)48(44,45)26-11-9-25(35)10-12-26/h3-14,19,22H,2,15-18H2,1H3.